The maximum Gasteiger partial charge on any atom is 0.229 e. The molecule has 1 aliphatic heterocycles. The Kier molecular flexibility index (Phi) is 3.27. The molecule has 0 bridgehead atoms. The van der Waals surface area contributed by atoms with Gasteiger partial charge in [-0.1, -0.05) is 6.07 Å². The van der Waals surface area contributed by atoms with Gasteiger partial charge in [0.25, 0.3) is 0 Å². The summed E-state index contributed by atoms with van der Waals surface area (Å²) in [6, 6.07) is 8.00. The van der Waals surface area contributed by atoms with E-state index in [2.05, 4.69) is 21.8 Å². The Morgan fingerprint density at radius 1 is 1.14 bits per heavy atom. The van der Waals surface area contributed by atoms with Gasteiger partial charge >= 0.3 is 0 Å². The molecule has 0 aliphatic carbocycles. The Morgan fingerprint density at radius 2 is 2.00 bits per heavy atom. The van der Waals surface area contributed by atoms with Gasteiger partial charge in [-0.25, -0.2) is 4.98 Å². The Bertz CT molecular complexity index is 807. The third kappa shape index (κ3) is 2.33. The van der Waals surface area contributed by atoms with E-state index in [1.807, 2.05) is 30.5 Å². The summed E-state index contributed by atoms with van der Waals surface area (Å²) >= 11 is 0. The topological polar surface area (TPSA) is 51.4 Å². The lowest BCUT2D eigenvalue weighted by atomic mass is 10.2. The number of hydrogen-bond donors (Lipinski definition) is 0. The third-order valence-corrected chi connectivity index (χ3v) is 3.93. The van der Waals surface area contributed by atoms with Gasteiger partial charge in [0.05, 0.1) is 30.7 Å². The second-order valence-corrected chi connectivity index (χ2v) is 5.48. The molecule has 0 spiro atoms. The molecule has 0 unspecified atom stereocenters. The van der Waals surface area contributed by atoms with Crippen molar-refractivity contribution in [1.82, 2.24) is 9.97 Å². The van der Waals surface area contributed by atoms with Gasteiger partial charge in [-0.3, -0.25) is 4.98 Å². The molecule has 3 heterocycles. The van der Waals surface area contributed by atoms with Crippen LogP contribution in [-0.2, 0) is 4.74 Å². The van der Waals surface area contributed by atoms with Crippen molar-refractivity contribution in [2.75, 3.05) is 31.2 Å². The fourth-order valence-electron chi connectivity index (χ4n) is 2.78. The largest absolute Gasteiger partial charge is 0.436 e. The van der Waals surface area contributed by atoms with Gasteiger partial charge in [0.1, 0.15) is 5.52 Å². The second-order valence-electron chi connectivity index (χ2n) is 5.48. The minimum atomic E-state index is 0.643. The van der Waals surface area contributed by atoms with Crippen molar-refractivity contribution in [3.05, 3.63) is 42.2 Å². The first-order valence-corrected chi connectivity index (χ1v) is 7.45. The first kappa shape index (κ1) is 13.3. The zero-order valence-electron chi connectivity index (χ0n) is 12.5. The summed E-state index contributed by atoms with van der Waals surface area (Å²) in [5, 5.41) is 0. The van der Waals surface area contributed by atoms with E-state index >= 15 is 0 Å². The average molecular weight is 295 g/mol. The van der Waals surface area contributed by atoms with E-state index in [0.717, 1.165) is 48.7 Å². The Balaban J connectivity index is 1.80. The normalized spacial score (nSPS) is 15.4. The number of anilines is 1. The molecule has 112 valence electrons. The van der Waals surface area contributed by atoms with Gasteiger partial charge in [-0.2, -0.15) is 0 Å². The van der Waals surface area contributed by atoms with Gasteiger partial charge in [-0.05, 0) is 30.7 Å². The minimum Gasteiger partial charge on any atom is -0.436 e. The van der Waals surface area contributed by atoms with Crippen molar-refractivity contribution in [1.29, 1.82) is 0 Å². The number of morpholine rings is 1. The van der Waals surface area contributed by atoms with Crippen molar-refractivity contribution in [2.24, 2.45) is 0 Å². The van der Waals surface area contributed by atoms with Gasteiger partial charge in [0.15, 0.2) is 5.58 Å². The summed E-state index contributed by atoms with van der Waals surface area (Å²) in [5.41, 5.74) is 4.90. The molecular formula is C17H17N3O2. The molecule has 2 aromatic heterocycles. The van der Waals surface area contributed by atoms with Crippen molar-refractivity contribution in [2.45, 2.75) is 6.92 Å². The van der Waals surface area contributed by atoms with Crippen molar-refractivity contribution >= 4 is 16.8 Å². The summed E-state index contributed by atoms with van der Waals surface area (Å²) < 4.78 is 11.4. The number of fused-ring (bicyclic) bond motifs is 1. The van der Waals surface area contributed by atoms with Crippen LogP contribution < -0.4 is 4.90 Å². The smallest absolute Gasteiger partial charge is 0.229 e. The first-order chi connectivity index (χ1) is 10.8. The van der Waals surface area contributed by atoms with Crippen LogP contribution in [0.5, 0.6) is 0 Å². The number of rotatable bonds is 2. The van der Waals surface area contributed by atoms with E-state index in [1.54, 1.807) is 6.20 Å². The van der Waals surface area contributed by atoms with Crippen molar-refractivity contribution in [3.8, 4) is 11.5 Å². The highest BCUT2D eigenvalue weighted by molar-refractivity contribution is 5.80. The highest BCUT2D eigenvalue weighted by atomic mass is 16.5. The summed E-state index contributed by atoms with van der Waals surface area (Å²) in [7, 11) is 0. The van der Waals surface area contributed by atoms with Crippen LogP contribution in [0.25, 0.3) is 22.6 Å². The molecule has 0 atom stereocenters. The molecule has 5 nitrogen and oxygen atoms in total. The molecule has 22 heavy (non-hydrogen) atoms. The highest BCUT2D eigenvalue weighted by Crippen LogP contribution is 2.32. The van der Waals surface area contributed by atoms with Gasteiger partial charge in [-0.15, -0.1) is 0 Å². The van der Waals surface area contributed by atoms with Gasteiger partial charge in [0, 0.05) is 19.3 Å². The molecule has 1 aromatic carbocycles. The highest BCUT2D eigenvalue weighted by Gasteiger charge is 2.19. The van der Waals surface area contributed by atoms with Crippen molar-refractivity contribution in [3.63, 3.8) is 0 Å². The van der Waals surface area contributed by atoms with Crippen LogP contribution >= 0.6 is 0 Å². The Morgan fingerprint density at radius 3 is 2.86 bits per heavy atom. The predicted octanol–water partition coefficient (Wildman–Crippen LogP) is 3.03. The molecule has 1 aliphatic rings. The quantitative estimate of drug-likeness (QED) is 0.727. The van der Waals surface area contributed by atoms with Crippen LogP contribution in [0.3, 0.4) is 0 Å². The number of oxazole rings is 1. The molecule has 1 saturated heterocycles. The number of benzene rings is 1. The lowest BCUT2D eigenvalue weighted by molar-refractivity contribution is 0.122. The molecule has 4 rings (SSSR count). The van der Waals surface area contributed by atoms with E-state index in [9.17, 15) is 0 Å². The number of aryl methyl sites for hydroxylation is 1. The van der Waals surface area contributed by atoms with Crippen LogP contribution in [0.15, 0.2) is 41.1 Å². The van der Waals surface area contributed by atoms with Gasteiger partial charge in [0.2, 0.25) is 5.89 Å². The maximum atomic E-state index is 5.94. The number of nitrogens with zero attached hydrogens (tertiary/aromatic N) is 3. The number of pyridine rings is 1. The zero-order chi connectivity index (χ0) is 14.9. The molecule has 0 N–H and O–H groups in total. The summed E-state index contributed by atoms with van der Waals surface area (Å²) in [4.78, 5) is 11.2. The summed E-state index contributed by atoms with van der Waals surface area (Å²) in [6.07, 6.45) is 3.65. The van der Waals surface area contributed by atoms with E-state index in [1.165, 1.54) is 5.56 Å². The number of hydrogen-bond acceptors (Lipinski definition) is 5. The van der Waals surface area contributed by atoms with Gasteiger partial charge < -0.3 is 14.1 Å². The fourth-order valence-corrected chi connectivity index (χ4v) is 2.78. The summed E-state index contributed by atoms with van der Waals surface area (Å²) in [6.45, 7) is 5.25. The zero-order valence-corrected chi connectivity index (χ0v) is 12.5. The average Bonchev–Trinajstić information content (AvgIpc) is 2.98. The standard InChI is InChI=1S/C17H17N3O2/c1-12-2-3-16-14(10-12)19-17(22-16)13-4-5-18-11-15(13)20-6-8-21-9-7-20/h2-5,10-11H,6-9H2,1H3. The lowest BCUT2D eigenvalue weighted by Crippen LogP contribution is -2.36. The fraction of sp³-hybridized carbons (Fsp3) is 0.294. The molecule has 1 fully saturated rings. The van der Waals surface area contributed by atoms with Crippen LogP contribution in [0, 0.1) is 6.92 Å². The predicted molar refractivity (Wildman–Crippen MR) is 85.0 cm³/mol. The maximum absolute atomic E-state index is 5.94. The number of ether oxygens (including phenoxy) is 1. The SMILES string of the molecule is Cc1ccc2oc(-c3ccncc3N3CCOCC3)nc2c1. The molecule has 0 radical (unpaired) electrons. The van der Waals surface area contributed by atoms with Crippen LogP contribution in [-0.4, -0.2) is 36.3 Å². The second kappa shape index (κ2) is 5.42. The molecular weight excluding hydrogens is 278 g/mol. The Labute approximate surface area is 128 Å². The minimum absolute atomic E-state index is 0.643. The Hall–Kier alpha value is -2.40. The number of aromatic nitrogens is 2. The van der Waals surface area contributed by atoms with E-state index < -0.39 is 0 Å². The monoisotopic (exact) mass is 295 g/mol. The molecule has 0 amide bonds. The van der Waals surface area contributed by atoms with Crippen LogP contribution in [0.1, 0.15) is 5.56 Å². The molecule has 5 heteroatoms. The van der Waals surface area contributed by atoms with Crippen LogP contribution in [0.2, 0.25) is 0 Å². The molecule has 0 saturated carbocycles. The summed E-state index contributed by atoms with van der Waals surface area (Å²) in [5.74, 6) is 0.643. The van der Waals surface area contributed by atoms with E-state index in [-0.39, 0.29) is 0 Å². The van der Waals surface area contributed by atoms with Crippen LogP contribution in [0.4, 0.5) is 5.69 Å². The molecule has 3 aromatic rings. The van der Waals surface area contributed by atoms with E-state index in [0.29, 0.717) is 5.89 Å². The lowest BCUT2D eigenvalue weighted by Gasteiger charge is -2.29. The third-order valence-electron chi connectivity index (χ3n) is 3.93. The van der Waals surface area contributed by atoms with Crippen molar-refractivity contribution < 1.29 is 9.15 Å². The first-order valence-electron chi connectivity index (χ1n) is 7.45. The van der Waals surface area contributed by atoms with E-state index in [4.69, 9.17) is 9.15 Å².